The van der Waals surface area contributed by atoms with Crippen LogP contribution in [0.5, 0.6) is 0 Å². The molecule has 0 bridgehead atoms. The normalized spacial score (nSPS) is 32.5. The van der Waals surface area contributed by atoms with E-state index in [0.717, 1.165) is 37.2 Å². The minimum atomic E-state index is -0.348. The first-order chi connectivity index (χ1) is 10.7. The van der Waals surface area contributed by atoms with Crippen molar-refractivity contribution in [1.82, 2.24) is 0 Å². The van der Waals surface area contributed by atoms with Crippen LogP contribution in [0, 0.1) is 6.92 Å². The summed E-state index contributed by atoms with van der Waals surface area (Å²) in [7, 11) is 0. The number of hydrogen-bond acceptors (Lipinski definition) is 3. The summed E-state index contributed by atoms with van der Waals surface area (Å²) in [4.78, 5) is 0. The van der Waals surface area contributed by atoms with Crippen molar-refractivity contribution in [3.05, 3.63) is 23.7 Å². The Morgan fingerprint density at radius 2 is 1.91 bits per heavy atom. The monoisotopic (exact) mass is 306 g/mol. The summed E-state index contributed by atoms with van der Waals surface area (Å²) in [6.07, 6.45) is 12.2. The molecule has 2 aliphatic rings. The molecule has 2 saturated heterocycles. The maximum absolute atomic E-state index is 6.46. The maximum Gasteiger partial charge on any atom is 0.169 e. The third-order valence-corrected chi connectivity index (χ3v) is 5.05. The molecule has 1 aromatic heterocycles. The lowest BCUT2D eigenvalue weighted by atomic mass is 9.91. The molecule has 0 aliphatic carbocycles. The van der Waals surface area contributed by atoms with Gasteiger partial charge in [-0.1, -0.05) is 26.2 Å². The van der Waals surface area contributed by atoms with Crippen LogP contribution in [0.1, 0.15) is 88.8 Å². The van der Waals surface area contributed by atoms with Gasteiger partial charge >= 0.3 is 0 Å². The number of ether oxygens (including phenoxy) is 2. The number of furan rings is 1. The van der Waals surface area contributed by atoms with E-state index < -0.39 is 0 Å². The van der Waals surface area contributed by atoms with Crippen LogP contribution in [0.3, 0.4) is 0 Å². The van der Waals surface area contributed by atoms with E-state index in [1.54, 1.807) is 0 Å². The van der Waals surface area contributed by atoms with E-state index >= 15 is 0 Å². The predicted octanol–water partition coefficient (Wildman–Crippen LogP) is 5.68. The fraction of sp³-hybridized carbons (Fsp3) is 0.789. The Morgan fingerprint density at radius 3 is 2.64 bits per heavy atom. The van der Waals surface area contributed by atoms with Crippen LogP contribution < -0.4 is 0 Å². The van der Waals surface area contributed by atoms with E-state index in [9.17, 15) is 0 Å². The zero-order valence-electron chi connectivity index (χ0n) is 14.1. The van der Waals surface area contributed by atoms with E-state index in [-0.39, 0.29) is 11.9 Å². The highest BCUT2D eigenvalue weighted by Crippen LogP contribution is 2.44. The third-order valence-electron chi connectivity index (χ3n) is 5.05. The van der Waals surface area contributed by atoms with E-state index in [1.165, 1.54) is 38.5 Å². The molecule has 0 unspecified atom stereocenters. The van der Waals surface area contributed by atoms with Crippen molar-refractivity contribution >= 4 is 0 Å². The van der Waals surface area contributed by atoms with Gasteiger partial charge in [-0.2, -0.15) is 0 Å². The van der Waals surface area contributed by atoms with Crippen LogP contribution >= 0.6 is 0 Å². The Balaban J connectivity index is 1.61. The van der Waals surface area contributed by atoms with Gasteiger partial charge in [-0.3, -0.25) is 0 Å². The minimum absolute atomic E-state index is 0.0665. The van der Waals surface area contributed by atoms with Gasteiger partial charge in [0.05, 0.1) is 6.10 Å². The number of aryl methyl sites for hydroxylation is 1. The van der Waals surface area contributed by atoms with Crippen LogP contribution in [0.2, 0.25) is 0 Å². The third kappa shape index (κ3) is 3.75. The average molecular weight is 306 g/mol. The van der Waals surface area contributed by atoms with Crippen molar-refractivity contribution in [1.29, 1.82) is 0 Å². The summed E-state index contributed by atoms with van der Waals surface area (Å²) in [6.45, 7) is 4.24. The lowest BCUT2D eigenvalue weighted by molar-refractivity contribution is -0.319. The molecule has 0 amide bonds. The van der Waals surface area contributed by atoms with Gasteiger partial charge in [-0.25, -0.2) is 0 Å². The average Bonchev–Trinajstić information content (AvgIpc) is 2.94. The summed E-state index contributed by atoms with van der Waals surface area (Å²) >= 11 is 0. The predicted molar refractivity (Wildman–Crippen MR) is 86.7 cm³/mol. The SMILES string of the molecule is CCCCC[C@H]1CCC[C@@]2(CCC[C@H](c3ccc(C)o3)O2)O1. The van der Waals surface area contributed by atoms with Crippen molar-refractivity contribution in [3.8, 4) is 0 Å². The second kappa shape index (κ2) is 7.18. The number of rotatable bonds is 5. The molecule has 0 N–H and O–H groups in total. The Kier molecular flexibility index (Phi) is 5.25. The molecule has 1 aromatic rings. The van der Waals surface area contributed by atoms with Crippen molar-refractivity contribution in [2.75, 3.05) is 0 Å². The molecular formula is C19H30O3. The van der Waals surface area contributed by atoms with Crippen molar-refractivity contribution in [3.63, 3.8) is 0 Å². The fourth-order valence-electron chi connectivity index (χ4n) is 3.88. The second-order valence-electron chi connectivity index (χ2n) is 6.99. The summed E-state index contributed by atoms with van der Waals surface area (Å²) in [5.74, 6) is 1.58. The largest absolute Gasteiger partial charge is 0.464 e. The molecule has 0 aromatic carbocycles. The smallest absolute Gasteiger partial charge is 0.169 e. The molecule has 22 heavy (non-hydrogen) atoms. The van der Waals surface area contributed by atoms with Gasteiger partial charge in [0.15, 0.2) is 5.79 Å². The zero-order chi connectivity index (χ0) is 15.4. The molecule has 0 radical (unpaired) electrons. The first kappa shape index (κ1) is 16.1. The number of unbranched alkanes of at least 4 members (excludes halogenated alkanes) is 2. The molecule has 1 spiro atoms. The van der Waals surface area contributed by atoms with Crippen molar-refractivity contribution < 1.29 is 13.9 Å². The molecule has 3 nitrogen and oxygen atoms in total. The quantitative estimate of drug-likeness (QED) is 0.656. The number of hydrogen-bond donors (Lipinski definition) is 0. The Hall–Kier alpha value is -0.800. The lowest BCUT2D eigenvalue weighted by Crippen LogP contribution is -2.46. The van der Waals surface area contributed by atoms with Crippen LogP contribution in [-0.2, 0) is 9.47 Å². The maximum atomic E-state index is 6.46. The van der Waals surface area contributed by atoms with Crippen molar-refractivity contribution in [2.45, 2.75) is 96.1 Å². The van der Waals surface area contributed by atoms with Crippen LogP contribution in [0.4, 0.5) is 0 Å². The topological polar surface area (TPSA) is 31.6 Å². The molecule has 3 heteroatoms. The van der Waals surface area contributed by atoms with Gasteiger partial charge in [0.2, 0.25) is 0 Å². The molecule has 124 valence electrons. The van der Waals surface area contributed by atoms with Crippen LogP contribution in [0.15, 0.2) is 16.5 Å². The van der Waals surface area contributed by atoms with E-state index in [4.69, 9.17) is 13.9 Å². The summed E-state index contributed by atoms with van der Waals surface area (Å²) in [5, 5.41) is 0. The standard InChI is InChI=1S/C19H30O3/c1-3-4-5-8-16-9-6-13-19(21-16)14-7-10-18(22-19)17-12-11-15(2)20-17/h11-12,16,18H,3-10,13-14H2,1-2H3/t16-,18+,19+/m0/s1. The molecule has 3 heterocycles. The first-order valence-corrected chi connectivity index (χ1v) is 9.13. The van der Waals surface area contributed by atoms with Gasteiger partial charge in [0.1, 0.15) is 17.6 Å². The molecule has 2 fully saturated rings. The fourth-order valence-corrected chi connectivity index (χ4v) is 3.88. The highest BCUT2D eigenvalue weighted by molar-refractivity contribution is 5.09. The minimum Gasteiger partial charge on any atom is -0.464 e. The van der Waals surface area contributed by atoms with Gasteiger partial charge in [0, 0.05) is 12.8 Å². The highest BCUT2D eigenvalue weighted by Gasteiger charge is 2.43. The molecule has 3 rings (SSSR count). The van der Waals surface area contributed by atoms with E-state index in [2.05, 4.69) is 13.0 Å². The van der Waals surface area contributed by atoms with Gasteiger partial charge in [-0.05, 0) is 51.2 Å². The molecule has 3 atom stereocenters. The van der Waals surface area contributed by atoms with Crippen molar-refractivity contribution in [2.24, 2.45) is 0 Å². The Bertz CT molecular complexity index is 463. The zero-order valence-corrected chi connectivity index (χ0v) is 14.1. The Morgan fingerprint density at radius 1 is 1.09 bits per heavy atom. The Labute approximate surface area is 134 Å². The van der Waals surface area contributed by atoms with E-state index in [1.807, 2.05) is 13.0 Å². The van der Waals surface area contributed by atoms with Gasteiger partial charge in [-0.15, -0.1) is 0 Å². The van der Waals surface area contributed by atoms with Crippen LogP contribution in [0.25, 0.3) is 0 Å². The summed E-state index contributed by atoms with van der Waals surface area (Å²) in [5.41, 5.74) is 0. The molecule has 0 saturated carbocycles. The first-order valence-electron chi connectivity index (χ1n) is 9.13. The molecular weight excluding hydrogens is 276 g/mol. The van der Waals surface area contributed by atoms with Gasteiger partial charge in [0.25, 0.3) is 0 Å². The molecule has 2 aliphatic heterocycles. The van der Waals surface area contributed by atoms with Crippen LogP contribution in [-0.4, -0.2) is 11.9 Å². The lowest BCUT2D eigenvalue weighted by Gasteiger charge is -2.45. The summed E-state index contributed by atoms with van der Waals surface area (Å²) in [6, 6.07) is 4.08. The summed E-state index contributed by atoms with van der Waals surface area (Å²) < 4.78 is 18.7. The highest BCUT2D eigenvalue weighted by atomic mass is 16.7. The second-order valence-corrected chi connectivity index (χ2v) is 6.99. The van der Waals surface area contributed by atoms with Gasteiger partial charge < -0.3 is 13.9 Å². The van der Waals surface area contributed by atoms with E-state index in [0.29, 0.717) is 6.10 Å².